The fourth-order valence-corrected chi connectivity index (χ4v) is 2.44. The van der Waals surface area contributed by atoms with E-state index in [1.165, 1.54) is 12.3 Å². The highest BCUT2D eigenvalue weighted by Crippen LogP contribution is 2.20. The first-order valence-electron chi connectivity index (χ1n) is 6.56. The maximum absolute atomic E-state index is 13.5. The van der Waals surface area contributed by atoms with Crippen LogP contribution in [0.3, 0.4) is 0 Å². The molecule has 2 aromatic heterocycles. The molecule has 0 unspecified atom stereocenters. The van der Waals surface area contributed by atoms with Crippen LogP contribution in [0, 0.1) is 5.82 Å². The lowest BCUT2D eigenvalue weighted by Crippen LogP contribution is -2.31. The normalized spacial score (nSPS) is 18.0. The molecule has 2 aromatic rings. The second-order valence-electron chi connectivity index (χ2n) is 4.90. The smallest absolute Gasteiger partial charge is 0.327 e. The number of aromatic nitrogens is 3. The van der Waals surface area contributed by atoms with Gasteiger partial charge in [0.2, 0.25) is 0 Å². The molecule has 3 heterocycles. The molecule has 110 valence electrons. The Bertz CT molecular complexity index is 728. The lowest BCUT2D eigenvalue weighted by molar-refractivity contribution is 0.620. The number of nitrogens with one attached hydrogen (secondary N) is 3. The van der Waals surface area contributed by atoms with Gasteiger partial charge in [0.25, 0.3) is 5.56 Å². The van der Waals surface area contributed by atoms with Crippen molar-refractivity contribution in [1.82, 2.24) is 15.0 Å². The molecule has 7 nitrogen and oxygen atoms in total. The van der Waals surface area contributed by atoms with Crippen LogP contribution in [0.4, 0.5) is 15.9 Å². The van der Waals surface area contributed by atoms with E-state index in [0.29, 0.717) is 24.6 Å². The van der Waals surface area contributed by atoms with Gasteiger partial charge < -0.3 is 10.2 Å². The minimum absolute atomic E-state index is 0.0321. The predicted molar refractivity (Wildman–Crippen MR) is 76.1 cm³/mol. The van der Waals surface area contributed by atoms with Crippen molar-refractivity contribution in [2.24, 2.45) is 0 Å². The molecular weight excluding hydrogens is 277 g/mol. The highest BCUT2D eigenvalue weighted by atomic mass is 19.1. The molecule has 1 aliphatic heterocycles. The molecule has 1 aliphatic rings. The summed E-state index contributed by atoms with van der Waals surface area (Å²) in [6.07, 6.45) is 3.45. The molecule has 1 fully saturated rings. The number of anilines is 2. The molecule has 0 spiro atoms. The highest BCUT2D eigenvalue weighted by molar-refractivity contribution is 5.46. The average molecular weight is 291 g/mol. The van der Waals surface area contributed by atoms with E-state index in [0.717, 1.165) is 12.6 Å². The van der Waals surface area contributed by atoms with E-state index in [1.807, 2.05) is 4.90 Å². The van der Waals surface area contributed by atoms with Crippen molar-refractivity contribution in [1.29, 1.82) is 0 Å². The summed E-state index contributed by atoms with van der Waals surface area (Å²) in [5.74, 6) is 0.0729. The molecule has 0 aromatic carbocycles. The molecule has 1 saturated heterocycles. The summed E-state index contributed by atoms with van der Waals surface area (Å²) in [6.45, 7) is 1.24. The Labute approximate surface area is 118 Å². The van der Waals surface area contributed by atoms with Crippen molar-refractivity contribution in [3.05, 3.63) is 51.2 Å². The largest absolute Gasteiger partial charge is 0.378 e. The number of hydrogen-bond acceptors (Lipinski definition) is 5. The molecule has 0 bridgehead atoms. The Morgan fingerprint density at radius 2 is 2.24 bits per heavy atom. The van der Waals surface area contributed by atoms with Gasteiger partial charge in [-0.1, -0.05) is 0 Å². The van der Waals surface area contributed by atoms with Gasteiger partial charge in [-0.2, -0.15) is 0 Å². The Hall–Kier alpha value is -2.64. The minimum atomic E-state index is -0.533. The van der Waals surface area contributed by atoms with Crippen LogP contribution in [0.15, 0.2) is 34.1 Å². The Morgan fingerprint density at radius 1 is 1.38 bits per heavy atom. The second-order valence-corrected chi connectivity index (χ2v) is 4.90. The van der Waals surface area contributed by atoms with Crippen LogP contribution < -0.4 is 21.5 Å². The van der Waals surface area contributed by atoms with E-state index in [1.54, 1.807) is 6.07 Å². The van der Waals surface area contributed by atoms with Crippen molar-refractivity contribution >= 4 is 11.5 Å². The number of aromatic amines is 2. The maximum atomic E-state index is 13.5. The molecule has 3 rings (SSSR count). The first kappa shape index (κ1) is 13.3. The SMILES string of the molecule is O=c1cc(N2CC[C@H](Nc3ccncc3F)C2)[nH]c(=O)[nH]1. The van der Waals surface area contributed by atoms with Gasteiger partial charge in [-0.05, 0) is 12.5 Å². The fourth-order valence-electron chi connectivity index (χ4n) is 2.44. The van der Waals surface area contributed by atoms with Crippen molar-refractivity contribution in [3.63, 3.8) is 0 Å². The molecule has 0 radical (unpaired) electrons. The van der Waals surface area contributed by atoms with Gasteiger partial charge in [0.15, 0.2) is 5.82 Å². The highest BCUT2D eigenvalue weighted by Gasteiger charge is 2.24. The molecular formula is C13H14FN5O2. The Morgan fingerprint density at radius 3 is 3.00 bits per heavy atom. The Balaban J connectivity index is 1.72. The molecule has 21 heavy (non-hydrogen) atoms. The summed E-state index contributed by atoms with van der Waals surface area (Å²) < 4.78 is 13.5. The number of halogens is 1. The van der Waals surface area contributed by atoms with Gasteiger partial charge in [-0.3, -0.25) is 19.7 Å². The summed E-state index contributed by atoms with van der Waals surface area (Å²) in [4.78, 5) is 32.9. The van der Waals surface area contributed by atoms with Crippen molar-refractivity contribution < 1.29 is 4.39 Å². The summed E-state index contributed by atoms with van der Waals surface area (Å²) >= 11 is 0. The zero-order valence-electron chi connectivity index (χ0n) is 11.1. The van der Waals surface area contributed by atoms with Crippen LogP contribution in [0.25, 0.3) is 0 Å². The zero-order chi connectivity index (χ0) is 14.8. The van der Waals surface area contributed by atoms with Gasteiger partial charge in [-0.15, -0.1) is 0 Å². The van der Waals surface area contributed by atoms with Crippen LogP contribution in [0.1, 0.15) is 6.42 Å². The molecule has 0 aliphatic carbocycles. The van der Waals surface area contributed by atoms with E-state index in [4.69, 9.17) is 0 Å². The van der Waals surface area contributed by atoms with Gasteiger partial charge in [0.05, 0.1) is 11.9 Å². The van der Waals surface area contributed by atoms with E-state index in [-0.39, 0.29) is 6.04 Å². The van der Waals surface area contributed by atoms with Crippen molar-refractivity contribution in [2.75, 3.05) is 23.3 Å². The van der Waals surface area contributed by atoms with Gasteiger partial charge in [-0.25, -0.2) is 9.18 Å². The lowest BCUT2D eigenvalue weighted by atomic mass is 10.2. The maximum Gasteiger partial charge on any atom is 0.327 e. The van der Waals surface area contributed by atoms with Crippen LogP contribution in [0.2, 0.25) is 0 Å². The van der Waals surface area contributed by atoms with E-state index < -0.39 is 17.1 Å². The topological polar surface area (TPSA) is 93.9 Å². The summed E-state index contributed by atoms with van der Waals surface area (Å²) in [5.41, 5.74) is -0.573. The molecule has 1 atom stereocenters. The number of nitrogens with zero attached hydrogens (tertiary/aromatic N) is 2. The summed E-state index contributed by atoms with van der Waals surface area (Å²) in [5, 5.41) is 3.10. The fraction of sp³-hybridized carbons (Fsp3) is 0.308. The number of pyridine rings is 1. The predicted octanol–water partition coefficient (Wildman–Crippen LogP) is 0.288. The quantitative estimate of drug-likeness (QED) is 0.755. The lowest BCUT2D eigenvalue weighted by Gasteiger charge is -2.18. The monoisotopic (exact) mass is 291 g/mol. The van der Waals surface area contributed by atoms with E-state index in [2.05, 4.69) is 20.3 Å². The van der Waals surface area contributed by atoms with E-state index in [9.17, 15) is 14.0 Å². The summed E-state index contributed by atoms with van der Waals surface area (Å²) in [7, 11) is 0. The third-order valence-electron chi connectivity index (χ3n) is 3.41. The number of H-pyrrole nitrogens is 2. The van der Waals surface area contributed by atoms with Gasteiger partial charge in [0.1, 0.15) is 5.82 Å². The first-order valence-corrected chi connectivity index (χ1v) is 6.56. The average Bonchev–Trinajstić information content (AvgIpc) is 2.89. The standard InChI is InChI=1S/C13H14FN5O2/c14-9-6-15-3-1-10(9)16-8-2-4-19(7-8)11-5-12(20)18-13(21)17-11/h1,3,5-6,8H,2,4,7H2,(H,15,16)(H2,17,18,20,21)/t8-/m0/s1. The minimum Gasteiger partial charge on any atom is -0.378 e. The van der Waals surface area contributed by atoms with Gasteiger partial charge in [0, 0.05) is 31.4 Å². The first-order chi connectivity index (χ1) is 10.1. The summed E-state index contributed by atoms with van der Waals surface area (Å²) in [6, 6.07) is 2.95. The van der Waals surface area contributed by atoms with Gasteiger partial charge >= 0.3 is 5.69 Å². The third kappa shape index (κ3) is 2.93. The van der Waals surface area contributed by atoms with Crippen LogP contribution in [-0.4, -0.2) is 34.1 Å². The number of rotatable bonds is 3. The van der Waals surface area contributed by atoms with Crippen LogP contribution in [0.5, 0.6) is 0 Å². The van der Waals surface area contributed by atoms with E-state index >= 15 is 0 Å². The molecule has 8 heteroatoms. The Kier molecular flexibility index (Phi) is 3.43. The molecule has 3 N–H and O–H groups in total. The van der Waals surface area contributed by atoms with Crippen LogP contribution in [-0.2, 0) is 0 Å². The van der Waals surface area contributed by atoms with Crippen molar-refractivity contribution in [2.45, 2.75) is 12.5 Å². The zero-order valence-corrected chi connectivity index (χ0v) is 11.1. The molecule has 0 saturated carbocycles. The third-order valence-corrected chi connectivity index (χ3v) is 3.41. The van der Waals surface area contributed by atoms with Crippen LogP contribution >= 0.6 is 0 Å². The number of hydrogen-bond donors (Lipinski definition) is 3. The van der Waals surface area contributed by atoms with Crippen molar-refractivity contribution in [3.8, 4) is 0 Å². The second kappa shape index (κ2) is 5.39. The molecule has 0 amide bonds.